The Kier molecular flexibility index (Phi) is 3.38. The summed E-state index contributed by atoms with van der Waals surface area (Å²) < 4.78 is 1.43. The maximum atomic E-state index is 5.99. The second kappa shape index (κ2) is 4.22. The molecule has 0 spiro atoms. The number of aromatic nitrogens is 3. The van der Waals surface area contributed by atoms with Crippen LogP contribution in [0.25, 0.3) is 5.65 Å². The summed E-state index contributed by atoms with van der Waals surface area (Å²) in [5, 5.41) is 4.89. The summed E-state index contributed by atoms with van der Waals surface area (Å²) in [6.45, 7) is 1.95. The van der Waals surface area contributed by atoms with Crippen LogP contribution < -0.4 is 11.9 Å². The van der Waals surface area contributed by atoms with Gasteiger partial charge >= 0.3 is 0 Å². The van der Waals surface area contributed by atoms with Crippen LogP contribution in [0, 0.1) is 0 Å². The zero-order chi connectivity index (χ0) is 10.3. The molecule has 0 aromatic carbocycles. The first-order valence-electron chi connectivity index (χ1n) is 4.12. The summed E-state index contributed by atoms with van der Waals surface area (Å²) in [6.07, 6.45) is 2.21. The quantitative estimate of drug-likeness (QED) is 0.810. The topological polar surface area (TPSA) is 91.2 Å². The largest absolute Gasteiger partial charge is 0.382 e. The first-order chi connectivity index (χ1) is 6.65. The van der Waals surface area contributed by atoms with Crippen molar-refractivity contribution in [3.8, 4) is 0 Å². The van der Waals surface area contributed by atoms with Crippen molar-refractivity contribution in [1.29, 1.82) is 0 Å². The number of nitrogens with zero attached hydrogens (tertiary/aromatic N) is 3. The molecule has 82 valence electrons. The Hall–Kier alpha value is -1.04. The smallest absolute Gasteiger partial charge is 0.176 e. The van der Waals surface area contributed by atoms with Gasteiger partial charge < -0.3 is 11.9 Å². The minimum atomic E-state index is 0. The van der Waals surface area contributed by atoms with Gasteiger partial charge in [0.05, 0.1) is 11.9 Å². The Bertz CT molecular complexity index is 493. The monoisotopic (exact) mass is 247 g/mol. The molecule has 0 aliphatic rings. The van der Waals surface area contributed by atoms with E-state index < -0.39 is 0 Å². The zero-order valence-corrected chi connectivity index (χ0v) is 9.68. The van der Waals surface area contributed by atoms with Crippen LogP contribution in [0.3, 0.4) is 0 Å². The van der Waals surface area contributed by atoms with E-state index in [-0.39, 0.29) is 6.15 Å². The molecule has 15 heavy (non-hydrogen) atoms. The highest BCUT2D eigenvalue weighted by atomic mass is 35.5. The summed E-state index contributed by atoms with van der Waals surface area (Å²) in [7, 11) is 0. The van der Waals surface area contributed by atoms with Gasteiger partial charge in [-0.05, 0) is 6.42 Å². The lowest BCUT2D eigenvalue weighted by atomic mass is 10.3. The molecule has 0 aliphatic carbocycles. The molecule has 2 heterocycles. The van der Waals surface area contributed by atoms with E-state index in [1.54, 1.807) is 0 Å². The highest BCUT2D eigenvalue weighted by Crippen LogP contribution is 2.26. The van der Waals surface area contributed by atoms with Gasteiger partial charge in [-0.15, -0.1) is 0 Å². The van der Waals surface area contributed by atoms with Gasteiger partial charge in [0.2, 0.25) is 0 Å². The molecule has 0 amide bonds. The highest BCUT2D eigenvalue weighted by Gasteiger charge is 2.12. The van der Waals surface area contributed by atoms with E-state index in [4.69, 9.17) is 28.9 Å². The Balaban J connectivity index is 0.00000112. The van der Waals surface area contributed by atoms with Gasteiger partial charge in [-0.3, -0.25) is 0 Å². The van der Waals surface area contributed by atoms with Crippen LogP contribution in [-0.4, -0.2) is 14.6 Å². The minimum absolute atomic E-state index is 0. The van der Waals surface area contributed by atoms with Crippen LogP contribution in [0.5, 0.6) is 0 Å². The van der Waals surface area contributed by atoms with Crippen molar-refractivity contribution in [2.45, 2.75) is 13.3 Å². The van der Waals surface area contributed by atoms with Crippen LogP contribution in [0.2, 0.25) is 10.0 Å². The highest BCUT2D eigenvalue weighted by molar-refractivity contribution is 6.34. The fraction of sp³-hybridized carbons (Fsp3) is 0.250. The molecule has 0 radical (unpaired) electrons. The molecule has 0 aliphatic heterocycles. The van der Waals surface area contributed by atoms with E-state index in [1.807, 2.05) is 6.92 Å². The molecule has 0 atom stereocenters. The molecule has 2 aromatic heterocycles. The number of rotatable bonds is 1. The molecule has 0 saturated heterocycles. The van der Waals surface area contributed by atoms with Gasteiger partial charge in [-0.1, -0.05) is 30.1 Å². The summed E-state index contributed by atoms with van der Waals surface area (Å²) >= 11 is 11.9. The molecule has 0 fully saturated rings. The molecule has 0 saturated carbocycles. The van der Waals surface area contributed by atoms with E-state index in [9.17, 15) is 0 Å². The van der Waals surface area contributed by atoms with E-state index in [1.165, 1.54) is 10.7 Å². The molecule has 7 heteroatoms. The van der Waals surface area contributed by atoms with Crippen molar-refractivity contribution < 1.29 is 0 Å². The van der Waals surface area contributed by atoms with Gasteiger partial charge in [0, 0.05) is 0 Å². The standard InChI is InChI=1S/C8H8Cl2N4.H3N/c1-2-5-6(10)7(11)14-8(13-5)4(9)3-12-14;/h3H,2,11H2,1H3;1H3. The Morgan fingerprint density at radius 2 is 2.13 bits per heavy atom. The number of nitrogens with two attached hydrogens (primary N) is 1. The predicted molar refractivity (Wildman–Crippen MR) is 61.8 cm³/mol. The first kappa shape index (κ1) is 12.0. The molecule has 5 N–H and O–H groups in total. The van der Waals surface area contributed by atoms with E-state index in [0.29, 0.717) is 27.9 Å². The van der Waals surface area contributed by atoms with Crippen molar-refractivity contribution in [2.24, 2.45) is 0 Å². The average Bonchev–Trinajstić information content (AvgIpc) is 2.54. The van der Waals surface area contributed by atoms with Crippen LogP contribution in [-0.2, 0) is 6.42 Å². The lowest BCUT2D eigenvalue weighted by molar-refractivity contribution is 0.924. The number of halogens is 2. The lowest BCUT2D eigenvalue weighted by Gasteiger charge is -2.05. The van der Waals surface area contributed by atoms with Crippen LogP contribution in [0.15, 0.2) is 6.20 Å². The van der Waals surface area contributed by atoms with Crippen molar-refractivity contribution in [2.75, 3.05) is 5.73 Å². The fourth-order valence-corrected chi connectivity index (χ4v) is 1.67. The normalized spacial score (nSPS) is 10.3. The number of aryl methyl sites for hydroxylation is 1. The first-order valence-corrected chi connectivity index (χ1v) is 4.87. The van der Waals surface area contributed by atoms with Crippen LogP contribution in [0.4, 0.5) is 5.82 Å². The Morgan fingerprint density at radius 1 is 1.47 bits per heavy atom. The van der Waals surface area contributed by atoms with Gasteiger partial charge in [-0.25, -0.2) is 4.98 Å². The lowest BCUT2D eigenvalue weighted by Crippen LogP contribution is -2.04. The zero-order valence-electron chi connectivity index (χ0n) is 8.17. The molecular formula is C8H11Cl2N5. The minimum Gasteiger partial charge on any atom is -0.382 e. The molecular weight excluding hydrogens is 237 g/mol. The average molecular weight is 248 g/mol. The maximum absolute atomic E-state index is 5.99. The third kappa shape index (κ3) is 1.73. The third-order valence-corrected chi connectivity index (χ3v) is 2.66. The number of nitrogen functional groups attached to an aromatic ring is 1. The van der Waals surface area contributed by atoms with E-state index in [2.05, 4.69) is 10.1 Å². The number of hydrogen-bond acceptors (Lipinski definition) is 4. The number of anilines is 1. The Morgan fingerprint density at radius 3 is 2.73 bits per heavy atom. The van der Waals surface area contributed by atoms with Crippen LogP contribution in [0.1, 0.15) is 12.6 Å². The predicted octanol–water partition coefficient (Wildman–Crippen LogP) is 2.34. The summed E-state index contributed by atoms with van der Waals surface area (Å²) in [5.74, 6) is 0.375. The van der Waals surface area contributed by atoms with Gasteiger partial charge in [-0.2, -0.15) is 9.61 Å². The summed E-state index contributed by atoms with van der Waals surface area (Å²) in [4.78, 5) is 4.27. The molecule has 2 aromatic rings. The summed E-state index contributed by atoms with van der Waals surface area (Å²) in [5.41, 5.74) is 7.06. The van der Waals surface area contributed by atoms with Crippen molar-refractivity contribution in [3.63, 3.8) is 0 Å². The fourth-order valence-electron chi connectivity index (χ4n) is 1.25. The summed E-state index contributed by atoms with van der Waals surface area (Å²) in [6, 6.07) is 0. The number of fused-ring (bicyclic) bond motifs is 1. The number of hydrogen-bond donors (Lipinski definition) is 2. The second-order valence-electron chi connectivity index (χ2n) is 2.84. The van der Waals surface area contributed by atoms with Crippen molar-refractivity contribution >= 4 is 34.7 Å². The Labute approximate surface area is 96.8 Å². The third-order valence-electron chi connectivity index (χ3n) is 1.98. The molecule has 2 rings (SSSR count). The van der Waals surface area contributed by atoms with E-state index >= 15 is 0 Å². The van der Waals surface area contributed by atoms with Gasteiger partial charge in [0.1, 0.15) is 15.9 Å². The van der Waals surface area contributed by atoms with Gasteiger partial charge in [0.25, 0.3) is 0 Å². The van der Waals surface area contributed by atoms with Gasteiger partial charge in [0.15, 0.2) is 5.65 Å². The molecule has 0 bridgehead atoms. The van der Waals surface area contributed by atoms with Crippen molar-refractivity contribution in [1.82, 2.24) is 20.7 Å². The second-order valence-corrected chi connectivity index (χ2v) is 3.62. The SMILES string of the molecule is CCc1nc2c(Cl)cnn2c(N)c1Cl.N. The molecule has 0 unspecified atom stereocenters. The van der Waals surface area contributed by atoms with Crippen molar-refractivity contribution in [3.05, 3.63) is 21.9 Å². The molecule has 5 nitrogen and oxygen atoms in total. The van der Waals surface area contributed by atoms with Crippen LogP contribution >= 0.6 is 23.2 Å². The van der Waals surface area contributed by atoms with E-state index in [0.717, 1.165) is 5.69 Å². The maximum Gasteiger partial charge on any atom is 0.176 e.